The zero-order valence-corrected chi connectivity index (χ0v) is 28.1. The molecule has 3 rings (SSSR count). The van der Waals surface area contributed by atoms with Gasteiger partial charge in [-0.1, -0.05) is 19.6 Å². The van der Waals surface area contributed by atoms with Crippen LogP contribution in [0.1, 0.15) is 77.6 Å². The number of hydrogen-bond acceptors (Lipinski definition) is 11. The standard InChI is InChI=1S/C39H43NO10/c1-3-37(41)48-24-12-8-7-11-23-47-34-19-15-32(16-20-34)39(43)50-36-26-30(28-40)25-35(27-36)49-38(42)31-13-17-33(18-14-31)46-22-10-6-5-9-21-45-29-44-4-2/h3-4,13-20,25-27H,1-2,5-12,21-24,29H2. The van der Waals surface area contributed by atoms with Crippen LogP contribution in [0.15, 0.2) is 92.2 Å². The predicted octanol–water partition coefficient (Wildman–Crippen LogP) is 7.74. The highest BCUT2D eigenvalue weighted by atomic mass is 16.7. The fourth-order valence-electron chi connectivity index (χ4n) is 4.44. The zero-order valence-electron chi connectivity index (χ0n) is 28.1. The molecule has 0 heterocycles. The summed E-state index contributed by atoms with van der Waals surface area (Å²) < 4.78 is 37.6. The van der Waals surface area contributed by atoms with Crippen LogP contribution in [0.2, 0.25) is 0 Å². The molecule has 0 aromatic heterocycles. The van der Waals surface area contributed by atoms with Crippen LogP contribution in [0.5, 0.6) is 23.0 Å². The topological polar surface area (TPSA) is 140 Å². The molecule has 3 aromatic carbocycles. The summed E-state index contributed by atoms with van der Waals surface area (Å²) >= 11 is 0. The lowest BCUT2D eigenvalue weighted by Crippen LogP contribution is -2.11. The van der Waals surface area contributed by atoms with E-state index in [0.29, 0.717) is 37.9 Å². The smallest absolute Gasteiger partial charge is 0.343 e. The average molecular weight is 686 g/mol. The Bertz CT molecular complexity index is 1560. The Morgan fingerprint density at radius 2 is 1.10 bits per heavy atom. The molecule has 0 aliphatic carbocycles. The molecule has 0 N–H and O–H groups in total. The number of esters is 3. The highest BCUT2D eigenvalue weighted by Crippen LogP contribution is 2.25. The number of ether oxygens (including phenoxy) is 7. The predicted molar refractivity (Wildman–Crippen MR) is 185 cm³/mol. The minimum absolute atomic E-state index is 0.0504. The van der Waals surface area contributed by atoms with E-state index in [2.05, 4.69) is 13.2 Å². The number of hydrogen-bond donors (Lipinski definition) is 0. The van der Waals surface area contributed by atoms with Crippen molar-refractivity contribution in [2.45, 2.75) is 51.4 Å². The summed E-state index contributed by atoms with van der Waals surface area (Å²) in [4.78, 5) is 36.7. The first kappa shape index (κ1) is 38.8. The van der Waals surface area contributed by atoms with E-state index in [9.17, 15) is 19.6 Å². The first-order valence-corrected chi connectivity index (χ1v) is 16.5. The number of unbranched alkanes of at least 4 members (excludes halogenated alkanes) is 6. The molecule has 0 atom stereocenters. The Morgan fingerprint density at radius 1 is 0.620 bits per heavy atom. The van der Waals surface area contributed by atoms with Gasteiger partial charge in [-0.2, -0.15) is 5.26 Å². The molecule has 0 unspecified atom stereocenters. The molecule has 0 fully saturated rings. The van der Waals surface area contributed by atoms with Crippen molar-refractivity contribution in [2.75, 3.05) is 33.2 Å². The summed E-state index contributed by atoms with van der Waals surface area (Å²) in [6.07, 6.45) is 9.75. The third-order valence-corrected chi connectivity index (χ3v) is 7.05. The molecule has 0 aliphatic heterocycles. The number of carbonyl (C=O) groups is 3. The molecule has 0 aliphatic rings. The van der Waals surface area contributed by atoms with Gasteiger partial charge in [-0.3, -0.25) is 0 Å². The maximum Gasteiger partial charge on any atom is 0.343 e. The SMILES string of the molecule is C=COCOCCCCCCOc1ccc(C(=O)Oc2cc(C#N)cc(OC(=O)c3ccc(OCCCCCCOC(=O)C=C)cc3)c2)cc1. The minimum Gasteiger partial charge on any atom is -0.494 e. The second kappa shape index (κ2) is 22.9. The van der Waals surface area contributed by atoms with Crippen LogP contribution in [-0.2, 0) is 19.0 Å². The molecule has 0 amide bonds. The van der Waals surface area contributed by atoms with Crippen molar-refractivity contribution in [1.82, 2.24) is 0 Å². The highest BCUT2D eigenvalue weighted by Gasteiger charge is 2.14. The number of carbonyl (C=O) groups excluding carboxylic acids is 3. The Labute approximate surface area is 293 Å². The normalized spacial score (nSPS) is 10.3. The van der Waals surface area contributed by atoms with Gasteiger partial charge >= 0.3 is 17.9 Å². The second-order valence-electron chi connectivity index (χ2n) is 10.9. The molecule has 3 aromatic rings. The molecule has 0 saturated carbocycles. The van der Waals surface area contributed by atoms with Crippen LogP contribution in [0.25, 0.3) is 0 Å². The average Bonchev–Trinajstić information content (AvgIpc) is 3.13. The summed E-state index contributed by atoms with van der Waals surface area (Å²) in [5, 5.41) is 9.50. The summed E-state index contributed by atoms with van der Waals surface area (Å²) in [6, 6.07) is 19.2. The van der Waals surface area contributed by atoms with Crippen LogP contribution < -0.4 is 18.9 Å². The monoisotopic (exact) mass is 685 g/mol. The Morgan fingerprint density at radius 3 is 1.56 bits per heavy atom. The molecule has 0 bridgehead atoms. The van der Waals surface area contributed by atoms with Crippen molar-refractivity contribution in [3.8, 4) is 29.1 Å². The van der Waals surface area contributed by atoms with Gasteiger partial charge in [0, 0.05) is 12.1 Å². The number of benzene rings is 3. The second-order valence-corrected chi connectivity index (χ2v) is 10.9. The molecule has 0 radical (unpaired) electrons. The molecular formula is C39H43NO10. The first-order chi connectivity index (χ1) is 24.4. The van der Waals surface area contributed by atoms with Crippen molar-refractivity contribution in [1.29, 1.82) is 5.26 Å². The molecule has 0 spiro atoms. The molecule has 264 valence electrons. The third-order valence-electron chi connectivity index (χ3n) is 7.05. The fraction of sp³-hybridized carbons (Fsp3) is 0.333. The van der Waals surface area contributed by atoms with Crippen LogP contribution in [-0.4, -0.2) is 51.1 Å². The van der Waals surface area contributed by atoms with Gasteiger partial charge in [0.2, 0.25) is 0 Å². The largest absolute Gasteiger partial charge is 0.494 e. The van der Waals surface area contributed by atoms with E-state index < -0.39 is 17.9 Å². The van der Waals surface area contributed by atoms with Crippen LogP contribution in [0.3, 0.4) is 0 Å². The summed E-state index contributed by atoms with van der Waals surface area (Å²) in [6.45, 7) is 9.08. The highest BCUT2D eigenvalue weighted by molar-refractivity contribution is 5.92. The lowest BCUT2D eigenvalue weighted by atomic mass is 10.2. The maximum absolute atomic E-state index is 12.8. The van der Waals surface area contributed by atoms with E-state index in [4.69, 9.17) is 33.2 Å². The first-order valence-electron chi connectivity index (χ1n) is 16.5. The van der Waals surface area contributed by atoms with Gasteiger partial charge in [0.25, 0.3) is 0 Å². The van der Waals surface area contributed by atoms with Crippen LogP contribution in [0.4, 0.5) is 0 Å². The summed E-state index contributed by atoms with van der Waals surface area (Å²) in [7, 11) is 0. The molecule has 0 saturated heterocycles. The molecule has 50 heavy (non-hydrogen) atoms. The van der Waals surface area contributed by atoms with Crippen LogP contribution >= 0.6 is 0 Å². The molecule has 11 nitrogen and oxygen atoms in total. The third kappa shape index (κ3) is 15.1. The lowest BCUT2D eigenvalue weighted by molar-refractivity contribution is -0.137. The zero-order chi connectivity index (χ0) is 35.8. The van der Waals surface area contributed by atoms with E-state index >= 15 is 0 Å². The van der Waals surface area contributed by atoms with E-state index in [0.717, 1.165) is 57.4 Å². The van der Waals surface area contributed by atoms with Gasteiger partial charge in [-0.05, 0) is 106 Å². The maximum atomic E-state index is 12.8. The van der Waals surface area contributed by atoms with Gasteiger partial charge in [-0.25, -0.2) is 14.4 Å². The van der Waals surface area contributed by atoms with Crippen molar-refractivity contribution in [3.63, 3.8) is 0 Å². The van der Waals surface area contributed by atoms with E-state index in [1.54, 1.807) is 48.5 Å². The van der Waals surface area contributed by atoms with Gasteiger partial charge in [0.05, 0.1) is 55.4 Å². The van der Waals surface area contributed by atoms with Crippen molar-refractivity contribution < 1.29 is 47.5 Å². The van der Waals surface area contributed by atoms with Crippen molar-refractivity contribution >= 4 is 17.9 Å². The summed E-state index contributed by atoms with van der Waals surface area (Å²) in [5.41, 5.74) is 0.708. The van der Waals surface area contributed by atoms with Gasteiger partial charge in [-0.15, -0.1) is 0 Å². The van der Waals surface area contributed by atoms with Crippen molar-refractivity contribution in [2.24, 2.45) is 0 Å². The lowest BCUT2D eigenvalue weighted by Gasteiger charge is -2.10. The van der Waals surface area contributed by atoms with E-state index in [1.165, 1.54) is 24.5 Å². The Balaban J connectivity index is 1.41. The fourth-order valence-corrected chi connectivity index (χ4v) is 4.44. The van der Waals surface area contributed by atoms with Gasteiger partial charge < -0.3 is 33.2 Å². The minimum atomic E-state index is -0.653. The van der Waals surface area contributed by atoms with Crippen LogP contribution in [0, 0.1) is 11.3 Å². The Hall–Kier alpha value is -5.60. The molecular weight excluding hydrogens is 642 g/mol. The van der Waals surface area contributed by atoms with Gasteiger partial charge in [0.1, 0.15) is 23.0 Å². The van der Waals surface area contributed by atoms with E-state index in [-0.39, 0.29) is 35.0 Å². The van der Waals surface area contributed by atoms with E-state index in [1.807, 2.05) is 6.07 Å². The molecule has 11 heteroatoms. The van der Waals surface area contributed by atoms with Gasteiger partial charge in [0.15, 0.2) is 6.79 Å². The summed E-state index contributed by atoms with van der Waals surface area (Å²) in [5.74, 6) is -0.379. The number of nitriles is 1. The number of nitrogens with zero attached hydrogens (tertiary/aromatic N) is 1. The number of rotatable bonds is 24. The quantitative estimate of drug-likeness (QED) is 0.0228. The Kier molecular flexibility index (Phi) is 17.8. The van der Waals surface area contributed by atoms with Crippen molar-refractivity contribution in [3.05, 3.63) is 109 Å².